The zero-order valence-corrected chi connectivity index (χ0v) is 16.8. The molecule has 4 heteroatoms. The molecule has 3 rings (SSSR count). The average molecular weight is 383 g/mol. The Bertz CT molecular complexity index is 773. The SMILES string of the molecule is CC(C)c1ccc(/C=C/C(=O)N2CCN(Cc3ccc(Cl)cc3)CC2)cc1. The van der Waals surface area contributed by atoms with Crippen LogP contribution in [0, 0.1) is 0 Å². The van der Waals surface area contributed by atoms with Crippen molar-refractivity contribution in [3.63, 3.8) is 0 Å². The zero-order chi connectivity index (χ0) is 19.2. The Morgan fingerprint density at radius 3 is 2.22 bits per heavy atom. The summed E-state index contributed by atoms with van der Waals surface area (Å²) in [5.74, 6) is 0.614. The van der Waals surface area contributed by atoms with Crippen LogP contribution in [-0.2, 0) is 11.3 Å². The smallest absolute Gasteiger partial charge is 0.246 e. The molecule has 1 saturated heterocycles. The third-order valence-electron chi connectivity index (χ3n) is 5.02. The molecule has 0 saturated carbocycles. The summed E-state index contributed by atoms with van der Waals surface area (Å²) in [6.07, 6.45) is 3.60. The standard InChI is InChI=1S/C23H27ClN2O/c1-18(2)21-8-3-19(4-9-21)7-12-23(27)26-15-13-25(14-16-26)17-20-5-10-22(24)11-6-20/h3-12,18H,13-17H2,1-2H3/b12-7+. The number of amides is 1. The van der Waals surface area contributed by atoms with Crippen molar-refractivity contribution in [2.75, 3.05) is 26.2 Å². The molecular weight excluding hydrogens is 356 g/mol. The summed E-state index contributed by atoms with van der Waals surface area (Å²) in [6, 6.07) is 16.4. The van der Waals surface area contributed by atoms with Gasteiger partial charge in [0.15, 0.2) is 0 Å². The minimum Gasteiger partial charge on any atom is -0.337 e. The van der Waals surface area contributed by atoms with E-state index in [1.54, 1.807) is 6.08 Å². The van der Waals surface area contributed by atoms with Crippen molar-refractivity contribution in [1.29, 1.82) is 0 Å². The minimum atomic E-state index is 0.0917. The predicted octanol–water partition coefficient (Wildman–Crippen LogP) is 4.82. The molecule has 1 fully saturated rings. The zero-order valence-electron chi connectivity index (χ0n) is 16.1. The number of hydrogen-bond acceptors (Lipinski definition) is 2. The third-order valence-corrected chi connectivity index (χ3v) is 5.28. The quantitative estimate of drug-likeness (QED) is 0.692. The number of halogens is 1. The van der Waals surface area contributed by atoms with E-state index in [2.05, 4.69) is 55.1 Å². The molecule has 1 amide bonds. The number of nitrogens with zero attached hydrogens (tertiary/aromatic N) is 2. The monoisotopic (exact) mass is 382 g/mol. The van der Waals surface area contributed by atoms with Crippen molar-refractivity contribution in [3.8, 4) is 0 Å². The van der Waals surface area contributed by atoms with E-state index in [-0.39, 0.29) is 5.91 Å². The number of hydrogen-bond donors (Lipinski definition) is 0. The van der Waals surface area contributed by atoms with E-state index in [0.717, 1.165) is 43.3 Å². The lowest BCUT2D eigenvalue weighted by atomic mass is 10.0. The maximum atomic E-state index is 12.5. The number of carbonyl (C=O) groups excluding carboxylic acids is 1. The van der Waals surface area contributed by atoms with E-state index in [0.29, 0.717) is 5.92 Å². The van der Waals surface area contributed by atoms with E-state index in [1.165, 1.54) is 11.1 Å². The Hall–Kier alpha value is -2.10. The molecule has 2 aromatic carbocycles. The van der Waals surface area contributed by atoms with Gasteiger partial charge >= 0.3 is 0 Å². The molecule has 0 unspecified atom stereocenters. The fourth-order valence-electron chi connectivity index (χ4n) is 3.24. The van der Waals surface area contributed by atoms with Gasteiger partial charge in [0, 0.05) is 43.8 Å². The Balaban J connectivity index is 1.48. The molecule has 2 aromatic rings. The highest BCUT2D eigenvalue weighted by molar-refractivity contribution is 6.30. The van der Waals surface area contributed by atoms with Gasteiger partial charge in [-0.25, -0.2) is 0 Å². The van der Waals surface area contributed by atoms with E-state index in [1.807, 2.05) is 23.1 Å². The Morgan fingerprint density at radius 1 is 1.00 bits per heavy atom. The van der Waals surface area contributed by atoms with Crippen LogP contribution in [0.4, 0.5) is 0 Å². The average Bonchev–Trinajstić information content (AvgIpc) is 2.69. The predicted molar refractivity (Wildman–Crippen MR) is 113 cm³/mol. The third kappa shape index (κ3) is 5.69. The van der Waals surface area contributed by atoms with E-state index < -0.39 is 0 Å². The Kier molecular flexibility index (Phi) is 6.70. The largest absolute Gasteiger partial charge is 0.337 e. The van der Waals surface area contributed by atoms with Crippen LogP contribution >= 0.6 is 11.6 Å². The Labute approximate surface area is 167 Å². The lowest BCUT2D eigenvalue weighted by Gasteiger charge is -2.34. The molecule has 3 nitrogen and oxygen atoms in total. The van der Waals surface area contributed by atoms with Crippen molar-refractivity contribution in [1.82, 2.24) is 9.80 Å². The van der Waals surface area contributed by atoms with Crippen LogP contribution in [0.2, 0.25) is 5.02 Å². The van der Waals surface area contributed by atoms with Crippen LogP contribution in [0.3, 0.4) is 0 Å². The number of benzene rings is 2. The van der Waals surface area contributed by atoms with Crippen LogP contribution < -0.4 is 0 Å². The first-order chi connectivity index (χ1) is 13.0. The molecule has 0 N–H and O–H groups in total. The maximum Gasteiger partial charge on any atom is 0.246 e. The number of rotatable bonds is 5. The van der Waals surface area contributed by atoms with Crippen LogP contribution in [0.15, 0.2) is 54.6 Å². The first kappa shape index (κ1) is 19.7. The molecule has 142 valence electrons. The molecule has 0 atom stereocenters. The van der Waals surface area contributed by atoms with Crippen molar-refractivity contribution in [3.05, 3.63) is 76.3 Å². The highest BCUT2D eigenvalue weighted by Crippen LogP contribution is 2.16. The second-order valence-electron chi connectivity index (χ2n) is 7.38. The lowest BCUT2D eigenvalue weighted by Crippen LogP contribution is -2.47. The second-order valence-corrected chi connectivity index (χ2v) is 7.82. The summed E-state index contributed by atoms with van der Waals surface area (Å²) in [6.45, 7) is 8.59. The van der Waals surface area contributed by atoms with Gasteiger partial charge in [-0.05, 0) is 40.8 Å². The fraction of sp³-hybridized carbons (Fsp3) is 0.348. The molecule has 0 aliphatic carbocycles. The second kappa shape index (κ2) is 9.20. The van der Waals surface area contributed by atoms with Crippen LogP contribution in [0.25, 0.3) is 6.08 Å². The fourth-order valence-corrected chi connectivity index (χ4v) is 3.37. The number of piperazine rings is 1. The summed E-state index contributed by atoms with van der Waals surface area (Å²) in [4.78, 5) is 16.8. The summed E-state index contributed by atoms with van der Waals surface area (Å²) in [5.41, 5.74) is 3.63. The van der Waals surface area contributed by atoms with Crippen molar-refractivity contribution < 1.29 is 4.79 Å². The molecular formula is C23H27ClN2O. The van der Waals surface area contributed by atoms with Crippen molar-refractivity contribution >= 4 is 23.6 Å². The van der Waals surface area contributed by atoms with Gasteiger partial charge in [0.05, 0.1) is 0 Å². The van der Waals surface area contributed by atoms with Crippen LogP contribution in [0.5, 0.6) is 0 Å². The summed E-state index contributed by atoms with van der Waals surface area (Å²) >= 11 is 5.94. The highest BCUT2D eigenvalue weighted by atomic mass is 35.5. The molecule has 1 aliphatic heterocycles. The Morgan fingerprint density at radius 2 is 1.63 bits per heavy atom. The number of carbonyl (C=O) groups is 1. The van der Waals surface area contributed by atoms with E-state index in [4.69, 9.17) is 11.6 Å². The summed E-state index contributed by atoms with van der Waals surface area (Å²) < 4.78 is 0. The molecule has 1 aliphatic rings. The van der Waals surface area contributed by atoms with Crippen LogP contribution in [0.1, 0.15) is 36.5 Å². The topological polar surface area (TPSA) is 23.6 Å². The van der Waals surface area contributed by atoms with Crippen LogP contribution in [-0.4, -0.2) is 41.9 Å². The molecule has 0 aromatic heterocycles. The maximum absolute atomic E-state index is 12.5. The molecule has 1 heterocycles. The van der Waals surface area contributed by atoms with E-state index in [9.17, 15) is 4.79 Å². The lowest BCUT2D eigenvalue weighted by molar-refractivity contribution is -0.127. The van der Waals surface area contributed by atoms with Gasteiger partial charge in [-0.1, -0.05) is 61.8 Å². The van der Waals surface area contributed by atoms with Crippen molar-refractivity contribution in [2.45, 2.75) is 26.3 Å². The minimum absolute atomic E-state index is 0.0917. The van der Waals surface area contributed by atoms with Gasteiger partial charge in [-0.15, -0.1) is 0 Å². The van der Waals surface area contributed by atoms with Gasteiger partial charge in [-0.3, -0.25) is 9.69 Å². The van der Waals surface area contributed by atoms with Crippen molar-refractivity contribution in [2.24, 2.45) is 0 Å². The van der Waals surface area contributed by atoms with Gasteiger partial charge < -0.3 is 4.90 Å². The molecule has 0 bridgehead atoms. The van der Waals surface area contributed by atoms with Gasteiger partial charge in [-0.2, -0.15) is 0 Å². The van der Waals surface area contributed by atoms with Gasteiger partial charge in [0.1, 0.15) is 0 Å². The molecule has 27 heavy (non-hydrogen) atoms. The van der Waals surface area contributed by atoms with E-state index >= 15 is 0 Å². The highest BCUT2D eigenvalue weighted by Gasteiger charge is 2.19. The molecule has 0 spiro atoms. The van der Waals surface area contributed by atoms with Gasteiger partial charge in [0.25, 0.3) is 0 Å². The first-order valence-electron chi connectivity index (χ1n) is 9.55. The first-order valence-corrected chi connectivity index (χ1v) is 9.93. The normalized spacial score (nSPS) is 15.6. The molecule has 0 radical (unpaired) electrons. The van der Waals surface area contributed by atoms with Gasteiger partial charge in [0.2, 0.25) is 5.91 Å². The summed E-state index contributed by atoms with van der Waals surface area (Å²) in [5, 5.41) is 0.764. The summed E-state index contributed by atoms with van der Waals surface area (Å²) in [7, 11) is 0.